The van der Waals surface area contributed by atoms with E-state index in [2.05, 4.69) is 15.3 Å². The number of benzene rings is 2. The Balaban J connectivity index is 1.15. The third-order valence-corrected chi connectivity index (χ3v) is 8.93. The van der Waals surface area contributed by atoms with Gasteiger partial charge in [-0.1, -0.05) is 30.3 Å². The summed E-state index contributed by atoms with van der Waals surface area (Å²) in [6.07, 6.45) is 3.02. The Bertz CT molecular complexity index is 1840. The molecule has 0 aliphatic carbocycles. The quantitative estimate of drug-likeness (QED) is 0.132. The number of aromatic nitrogens is 2. The van der Waals surface area contributed by atoms with Gasteiger partial charge in [0.1, 0.15) is 5.75 Å². The lowest BCUT2D eigenvalue weighted by atomic mass is 10.1. The third kappa shape index (κ3) is 6.69. The van der Waals surface area contributed by atoms with Crippen molar-refractivity contribution in [2.24, 2.45) is 0 Å². The zero-order valence-electron chi connectivity index (χ0n) is 24.3. The molecule has 0 radical (unpaired) electrons. The first-order chi connectivity index (χ1) is 21.9. The highest BCUT2D eigenvalue weighted by Crippen LogP contribution is 2.39. The summed E-state index contributed by atoms with van der Waals surface area (Å²) in [5.74, 6) is -2.67. The Kier molecular flexibility index (Phi) is 9.36. The van der Waals surface area contributed by atoms with E-state index in [9.17, 15) is 4.79 Å². The van der Waals surface area contributed by atoms with E-state index in [-0.39, 0.29) is 17.7 Å². The highest BCUT2D eigenvalue weighted by molar-refractivity contribution is 7.80. The fourth-order valence-electron chi connectivity index (χ4n) is 4.98. The summed E-state index contributed by atoms with van der Waals surface area (Å²) in [4.78, 5) is 26.2. The summed E-state index contributed by atoms with van der Waals surface area (Å²) in [5, 5.41) is 3.62. The molecule has 0 spiro atoms. The lowest BCUT2D eigenvalue weighted by Gasteiger charge is -2.21. The van der Waals surface area contributed by atoms with E-state index in [0.29, 0.717) is 47.3 Å². The number of rotatable bonds is 11. The molecule has 1 fully saturated rings. The maximum atomic E-state index is 15.3. The van der Waals surface area contributed by atoms with Crippen LogP contribution in [0.2, 0.25) is 0 Å². The molecule has 3 aromatic heterocycles. The average Bonchev–Trinajstić information content (AvgIpc) is 3.68. The molecule has 12 heteroatoms. The fraction of sp³-hybridized carbons (Fsp3) is 0.212. The first kappa shape index (κ1) is 30.7. The van der Waals surface area contributed by atoms with E-state index in [1.807, 2.05) is 59.6 Å². The first-order valence-corrected chi connectivity index (χ1v) is 15.5. The van der Waals surface area contributed by atoms with Crippen molar-refractivity contribution in [3.05, 3.63) is 102 Å². The molecule has 230 valence electrons. The van der Waals surface area contributed by atoms with Crippen molar-refractivity contribution in [2.75, 3.05) is 38.3 Å². The molecule has 0 saturated carbocycles. The second kappa shape index (κ2) is 13.7. The summed E-state index contributed by atoms with van der Waals surface area (Å²) >= 11 is 6.91. The minimum Gasteiger partial charge on any atom is -0.453 e. The van der Waals surface area contributed by atoms with Crippen LogP contribution in [0.5, 0.6) is 11.5 Å². The Morgan fingerprint density at radius 1 is 1.02 bits per heavy atom. The van der Waals surface area contributed by atoms with Crippen LogP contribution < -0.4 is 15.0 Å². The Morgan fingerprint density at radius 3 is 2.64 bits per heavy atom. The second-order valence-corrected chi connectivity index (χ2v) is 11.7. The number of halogens is 2. The molecule has 1 N–H and O–H groups in total. The third-order valence-electron chi connectivity index (χ3n) is 7.33. The van der Waals surface area contributed by atoms with Gasteiger partial charge in [-0.15, -0.1) is 11.3 Å². The van der Waals surface area contributed by atoms with E-state index in [1.165, 1.54) is 28.4 Å². The molecule has 8 nitrogen and oxygen atoms in total. The number of thiophene rings is 1. The topological polar surface area (TPSA) is 79.8 Å². The SMILES string of the molecule is COCCNCc1ccc(-c2cc3nccc(Oc4ccc(CC(=O)N5CCN(c6ccccc6)C5=S)c(F)c4F)c3s2)nc1. The van der Waals surface area contributed by atoms with Crippen molar-refractivity contribution in [1.82, 2.24) is 20.2 Å². The van der Waals surface area contributed by atoms with Crippen LogP contribution in [-0.2, 0) is 22.5 Å². The molecule has 4 heterocycles. The molecule has 1 saturated heterocycles. The zero-order chi connectivity index (χ0) is 31.3. The van der Waals surface area contributed by atoms with Crippen molar-refractivity contribution < 1.29 is 23.0 Å². The fourth-order valence-corrected chi connectivity index (χ4v) is 6.42. The predicted octanol–water partition coefficient (Wildman–Crippen LogP) is 6.34. The molecule has 1 amide bonds. The molecule has 2 aromatic carbocycles. The van der Waals surface area contributed by atoms with Crippen molar-refractivity contribution in [3.8, 4) is 22.1 Å². The summed E-state index contributed by atoms with van der Waals surface area (Å²) in [5.41, 5.74) is 3.25. The van der Waals surface area contributed by atoms with Crippen LogP contribution in [0.3, 0.4) is 0 Å². The number of methoxy groups -OCH3 is 1. The number of pyridine rings is 2. The molecule has 6 rings (SSSR count). The smallest absolute Gasteiger partial charge is 0.233 e. The Morgan fingerprint density at radius 2 is 1.87 bits per heavy atom. The molecular formula is C33H29F2N5O3S2. The number of anilines is 1. The number of fused-ring (bicyclic) bond motifs is 1. The van der Waals surface area contributed by atoms with Crippen LogP contribution in [0.4, 0.5) is 14.5 Å². The van der Waals surface area contributed by atoms with Gasteiger partial charge in [-0.25, -0.2) is 4.39 Å². The van der Waals surface area contributed by atoms with Gasteiger partial charge in [-0.3, -0.25) is 19.7 Å². The zero-order valence-corrected chi connectivity index (χ0v) is 26.0. The van der Waals surface area contributed by atoms with Crippen molar-refractivity contribution >= 4 is 50.5 Å². The maximum Gasteiger partial charge on any atom is 0.233 e. The maximum absolute atomic E-state index is 15.3. The summed E-state index contributed by atoms with van der Waals surface area (Å²) in [6.45, 7) is 2.95. The Hall–Kier alpha value is -4.36. The van der Waals surface area contributed by atoms with E-state index in [1.54, 1.807) is 19.4 Å². The van der Waals surface area contributed by atoms with Crippen LogP contribution in [0.15, 0.2) is 79.1 Å². The molecule has 0 bridgehead atoms. The van der Waals surface area contributed by atoms with Crippen LogP contribution in [-0.4, -0.2) is 59.2 Å². The largest absolute Gasteiger partial charge is 0.453 e. The standard InChI is InChI=1S/C33H29F2N5O3S2/c1-42-16-13-36-19-21-7-9-24(38-20-21)28-18-25-32(45-28)27(11-12-37-25)43-26-10-8-22(30(34)31(26)35)17-29(41)40-15-14-39(33(40)44)23-5-3-2-4-6-23/h2-12,18,20,36H,13-17,19H2,1H3. The molecule has 1 aliphatic rings. The van der Waals surface area contributed by atoms with Gasteiger partial charge in [0.25, 0.3) is 0 Å². The van der Waals surface area contributed by atoms with Crippen LogP contribution in [0, 0.1) is 11.6 Å². The molecule has 0 atom stereocenters. The molecular weight excluding hydrogens is 617 g/mol. The van der Waals surface area contributed by atoms with Gasteiger partial charge in [0.15, 0.2) is 16.7 Å². The summed E-state index contributed by atoms with van der Waals surface area (Å²) < 4.78 is 42.1. The number of thiocarbonyl (C=S) groups is 1. The average molecular weight is 646 g/mol. The molecule has 5 aromatic rings. The highest BCUT2D eigenvalue weighted by atomic mass is 32.1. The van der Waals surface area contributed by atoms with Gasteiger partial charge in [-0.2, -0.15) is 4.39 Å². The number of hydrogen-bond acceptors (Lipinski definition) is 8. The van der Waals surface area contributed by atoms with Gasteiger partial charge in [0.05, 0.1) is 33.8 Å². The minimum absolute atomic E-state index is 0.0764. The number of ether oxygens (including phenoxy) is 2. The molecule has 1 aliphatic heterocycles. The second-order valence-electron chi connectivity index (χ2n) is 10.3. The van der Waals surface area contributed by atoms with Crippen LogP contribution in [0.25, 0.3) is 20.8 Å². The number of nitrogens with one attached hydrogen (secondary N) is 1. The van der Waals surface area contributed by atoms with E-state index in [0.717, 1.165) is 28.4 Å². The minimum atomic E-state index is -1.17. The van der Waals surface area contributed by atoms with Gasteiger partial charge in [-0.05, 0) is 48.1 Å². The van der Waals surface area contributed by atoms with Gasteiger partial charge < -0.3 is 19.7 Å². The van der Waals surface area contributed by atoms with Gasteiger partial charge >= 0.3 is 0 Å². The van der Waals surface area contributed by atoms with Crippen molar-refractivity contribution in [2.45, 2.75) is 13.0 Å². The highest BCUT2D eigenvalue weighted by Gasteiger charge is 2.31. The van der Waals surface area contributed by atoms with Gasteiger partial charge in [0.2, 0.25) is 11.7 Å². The number of nitrogens with zero attached hydrogens (tertiary/aromatic N) is 4. The normalized spacial score (nSPS) is 13.2. The van der Waals surface area contributed by atoms with E-state index in [4.69, 9.17) is 21.7 Å². The lowest BCUT2D eigenvalue weighted by molar-refractivity contribution is -0.126. The number of carbonyl (C=O) groups excluding carboxylic acids is 1. The lowest BCUT2D eigenvalue weighted by Crippen LogP contribution is -2.37. The Labute approximate surface area is 268 Å². The monoisotopic (exact) mass is 645 g/mol. The first-order valence-electron chi connectivity index (χ1n) is 14.3. The summed E-state index contributed by atoms with van der Waals surface area (Å²) in [6, 6.07) is 19.6. The van der Waals surface area contributed by atoms with E-state index < -0.39 is 17.5 Å². The number of amides is 1. The summed E-state index contributed by atoms with van der Waals surface area (Å²) in [7, 11) is 1.66. The van der Waals surface area contributed by atoms with Crippen LogP contribution in [0.1, 0.15) is 11.1 Å². The molecule has 0 unspecified atom stereocenters. The predicted molar refractivity (Wildman–Crippen MR) is 175 cm³/mol. The molecule has 45 heavy (non-hydrogen) atoms. The van der Waals surface area contributed by atoms with Crippen molar-refractivity contribution in [1.29, 1.82) is 0 Å². The number of hydrogen-bond donors (Lipinski definition) is 1. The number of carbonyl (C=O) groups is 1. The van der Waals surface area contributed by atoms with Crippen LogP contribution >= 0.6 is 23.6 Å². The van der Waals surface area contributed by atoms with E-state index >= 15 is 8.78 Å². The van der Waals surface area contributed by atoms with Crippen molar-refractivity contribution in [3.63, 3.8) is 0 Å². The number of para-hydroxylation sites is 1. The van der Waals surface area contributed by atoms with Gasteiger partial charge in [0, 0.05) is 63.0 Å².